The number of aromatic nitrogens is 2. The van der Waals surface area contributed by atoms with Gasteiger partial charge in [0.1, 0.15) is 0 Å². The fourth-order valence-electron chi connectivity index (χ4n) is 2.36. The predicted molar refractivity (Wildman–Crippen MR) is 61.7 cm³/mol. The minimum atomic E-state index is 0.427. The lowest BCUT2D eigenvalue weighted by Crippen LogP contribution is -2.50. The minimum Gasteiger partial charge on any atom is -0.306 e. The van der Waals surface area contributed by atoms with E-state index < -0.39 is 0 Å². The van der Waals surface area contributed by atoms with Crippen molar-refractivity contribution < 1.29 is 0 Å². The van der Waals surface area contributed by atoms with Crippen molar-refractivity contribution >= 4 is 0 Å². The maximum absolute atomic E-state index is 4.26. The molecule has 0 bridgehead atoms. The van der Waals surface area contributed by atoms with Gasteiger partial charge < -0.3 is 5.32 Å². The van der Waals surface area contributed by atoms with Crippen LogP contribution in [0, 0.1) is 6.92 Å². The van der Waals surface area contributed by atoms with Gasteiger partial charge in [-0.3, -0.25) is 4.68 Å². The number of nitrogens with zero attached hydrogens (tertiary/aromatic N) is 2. The van der Waals surface area contributed by atoms with Crippen LogP contribution < -0.4 is 5.32 Å². The first-order valence-corrected chi connectivity index (χ1v) is 5.89. The summed E-state index contributed by atoms with van der Waals surface area (Å²) in [5.74, 6) is 0. The van der Waals surface area contributed by atoms with E-state index in [0.717, 1.165) is 6.54 Å². The maximum atomic E-state index is 4.26. The molecular weight excluding hydrogens is 186 g/mol. The lowest BCUT2D eigenvalue weighted by atomic mass is 9.75. The molecule has 0 unspecified atom stereocenters. The molecule has 1 saturated carbocycles. The monoisotopic (exact) mass is 207 g/mol. The molecule has 3 nitrogen and oxygen atoms in total. The van der Waals surface area contributed by atoms with Crippen LogP contribution in [0.2, 0.25) is 0 Å². The Hall–Kier alpha value is -0.830. The highest BCUT2D eigenvalue weighted by atomic mass is 15.3. The number of hydrogen-bond acceptors (Lipinski definition) is 2. The Morgan fingerprint density at radius 2 is 2.27 bits per heavy atom. The van der Waals surface area contributed by atoms with Crippen LogP contribution in [-0.2, 0) is 13.6 Å². The van der Waals surface area contributed by atoms with Gasteiger partial charge in [0.2, 0.25) is 0 Å². The third-order valence-electron chi connectivity index (χ3n) is 3.89. The van der Waals surface area contributed by atoms with Gasteiger partial charge in [-0.05, 0) is 38.2 Å². The summed E-state index contributed by atoms with van der Waals surface area (Å²) in [7, 11) is 2.02. The molecular formula is C12H21N3. The molecule has 1 aromatic heterocycles. The molecule has 84 valence electrons. The summed E-state index contributed by atoms with van der Waals surface area (Å²) in [5, 5.41) is 7.97. The second-order valence-corrected chi connectivity index (χ2v) is 4.74. The molecule has 3 heteroatoms. The standard InChI is InChI=1S/C12H21N3/c1-4-12(6-5-7-12)13-9-11-10(2)8-14-15(11)3/h8,13H,4-7,9H2,1-3H3. The van der Waals surface area contributed by atoms with Crippen LogP contribution >= 0.6 is 0 Å². The fourth-order valence-corrected chi connectivity index (χ4v) is 2.36. The van der Waals surface area contributed by atoms with Gasteiger partial charge in [-0.1, -0.05) is 6.92 Å². The normalized spacial score (nSPS) is 18.9. The van der Waals surface area contributed by atoms with Crippen molar-refractivity contribution in [1.29, 1.82) is 0 Å². The quantitative estimate of drug-likeness (QED) is 0.820. The zero-order chi connectivity index (χ0) is 10.9. The molecule has 0 spiro atoms. The summed E-state index contributed by atoms with van der Waals surface area (Å²) in [6.45, 7) is 5.36. The van der Waals surface area contributed by atoms with Crippen molar-refractivity contribution in [2.24, 2.45) is 7.05 Å². The maximum Gasteiger partial charge on any atom is 0.0548 e. The van der Waals surface area contributed by atoms with E-state index in [-0.39, 0.29) is 0 Å². The third kappa shape index (κ3) is 1.93. The molecule has 1 N–H and O–H groups in total. The van der Waals surface area contributed by atoms with Crippen molar-refractivity contribution in [3.63, 3.8) is 0 Å². The average molecular weight is 207 g/mol. The SMILES string of the molecule is CCC1(NCc2c(C)cnn2C)CCC1. The van der Waals surface area contributed by atoms with Gasteiger partial charge >= 0.3 is 0 Å². The average Bonchev–Trinajstić information content (AvgIpc) is 2.47. The zero-order valence-corrected chi connectivity index (χ0v) is 10.0. The van der Waals surface area contributed by atoms with E-state index in [1.807, 2.05) is 17.9 Å². The predicted octanol–water partition coefficient (Wildman–Crippen LogP) is 2.15. The van der Waals surface area contributed by atoms with E-state index in [1.165, 1.54) is 36.9 Å². The number of nitrogens with one attached hydrogen (secondary N) is 1. The Labute approximate surface area is 91.9 Å². The molecule has 0 amide bonds. The lowest BCUT2D eigenvalue weighted by Gasteiger charge is -2.42. The van der Waals surface area contributed by atoms with Crippen LogP contribution in [0.25, 0.3) is 0 Å². The summed E-state index contributed by atoms with van der Waals surface area (Å²) < 4.78 is 1.98. The van der Waals surface area contributed by atoms with Crippen LogP contribution in [-0.4, -0.2) is 15.3 Å². The van der Waals surface area contributed by atoms with Gasteiger partial charge in [-0.2, -0.15) is 5.10 Å². The van der Waals surface area contributed by atoms with E-state index in [0.29, 0.717) is 5.54 Å². The number of rotatable bonds is 4. The summed E-state index contributed by atoms with van der Waals surface area (Å²) in [6.07, 6.45) is 7.23. The summed E-state index contributed by atoms with van der Waals surface area (Å²) >= 11 is 0. The molecule has 1 aliphatic rings. The Morgan fingerprint density at radius 3 is 2.67 bits per heavy atom. The highest BCUT2D eigenvalue weighted by Gasteiger charge is 2.34. The highest BCUT2D eigenvalue weighted by molar-refractivity contribution is 5.15. The smallest absolute Gasteiger partial charge is 0.0548 e. The number of aryl methyl sites for hydroxylation is 2. The summed E-state index contributed by atoms with van der Waals surface area (Å²) in [6, 6.07) is 0. The largest absolute Gasteiger partial charge is 0.306 e. The van der Waals surface area contributed by atoms with E-state index in [1.54, 1.807) is 0 Å². The Morgan fingerprint density at radius 1 is 1.53 bits per heavy atom. The second kappa shape index (κ2) is 3.97. The van der Waals surface area contributed by atoms with Gasteiger partial charge in [0.15, 0.2) is 0 Å². The molecule has 0 aliphatic heterocycles. The van der Waals surface area contributed by atoms with Gasteiger partial charge in [-0.15, -0.1) is 0 Å². The van der Waals surface area contributed by atoms with Crippen molar-refractivity contribution in [2.75, 3.05) is 0 Å². The molecule has 2 rings (SSSR count). The molecule has 1 heterocycles. The molecule has 15 heavy (non-hydrogen) atoms. The van der Waals surface area contributed by atoms with Gasteiger partial charge in [0, 0.05) is 19.1 Å². The second-order valence-electron chi connectivity index (χ2n) is 4.74. The van der Waals surface area contributed by atoms with E-state index >= 15 is 0 Å². The van der Waals surface area contributed by atoms with Crippen LogP contribution in [0.4, 0.5) is 0 Å². The Kier molecular flexibility index (Phi) is 2.83. The van der Waals surface area contributed by atoms with E-state index in [2.05, 4.69) is 24.3 Å². The molecule has 0 aromatic carbocycles. The third-order valence-corrected chi connectivity index (χ3v) is 3.89. The molecule has 1 fully saturated rings. The van der Waals surface area contributed by atoms with Crippen molar-refractivity contribution in [3.8, 4) is 0 Å². The molecule has 1 aromatic rings. The highest BCUT2D eigenvalue weighted by Crippen LogP contribution is 2.34. The zero-order valence-electron chi connectivity index (χ0n) is 10.0. The van der Waals surface area contributed by atoms with Crippen LogP contribution in [0.15, 0.2) is 6.20 Å². The van der Waals surface area contributed by atoms with Crippen molar-refractivity contribution in [1.82, 2.24) is 15.1 Å². The van der Waals surface area contributed by atoms with Crippen molar-refractivity contribution in [3.05, 3.63) is 17.5 Å². The van der Waals surface area contributed by atoms with Crippen LogP contribution in [0.3, 0.4) is 0 Å². The summed E-state index contributed by atoms with van der Waals surface area (Å²) in [5.41, 5.74) is 3.03. The Bertz CT molecular complexity index is 312. The van der Waals surface area contributed by atoms with Crippen molar-refractivity contribution in [2.45, 2.75) is 51.6 Å². The molecule has 0 radical (unpaired) electrons. The van der Waals surface area contributed by atoms with Gasteiger partial charge in [0.25, 0.3) is 0 Å². The van der Waals surface area contributed by atoms with Gasteiger partial charge in [0.05, 0.1) is 11.9 Å². The van der Waals surface area contributed by atoms with Crippen LogP contribution in [0.1, 0.15) is 43.9 Å². The lowest BCUT2D eigenvalue weighted by molar-refractivity contribution is 0.174. The Balaban J connectivity index is 1.98. The van der Waals surface area contributed by atoms with Crippen LogP contribution in [0.5, 0.6) is 0 Å². The fraction of sp³-hybridized carbons (Fsp3) is 0.750. The first-order valence-electron chi connectivity index (χ1n) is 5.89. The van der Waals surface area contributed by atoms with E-state index in [9.17, 15) is 0 Å². The molecule has 1 aliphatic carbocycles. The molecule has 0 saturated heterocycles. The first kappa shape index (κ1) is 10.7. The number of hydrogen-bond donors (Lipinski definition) is 1. The first-order chi connectivity index (χ1) is 7.17. The topological polar surface area (TPSA) is 29.9 Å². The van der Waals surface area contributed by atoms with E-state index in [4.69, 9.17) is 0 Å². The molecule has 0 atom stereocenters. The summed E-state index contributed by atoms with van der Waals surface area (Å²) in [4.78, 5) is 0. The minimum absolute atomic E-state index is 0.427. The van der Waals surface area contributed by atoms with Gasteiger partial charge in [-0.25, -0.2) is 0 Å².